The molecule has 0 atom stereocenters. The molecule has 0 spiro atoms. The van der Waals surface area contributed by atoms with Crippen molar-refractivity contribution in [3.63, 3.8) is 0 Å². The van der Waals surface area contributed by atoms with Crippen molar-refractivity contribution >= 4 is 27.4 Å². The van der Waals surface area contributed by atoms with Gasteiger partial charge in [0.1, 0.15) is 0 Å². The molecule has 0 unspecified atom stereocenters. The molecule has 3 heteroatoms. The summed E-state index contributed by atoms with van der Waals surface area (Å²) in [6, 6.07) is 72.3. The van der Waals surface area contributed by atoms with E-state index in [0.717, 1.165) is 68.8 Å². The lowest BCUT2D eigenvalue weighted by Crippen LogP contribution is -2.17. The molecule has 304 valence electrons. The number of hydrogen-bond donors (Lipinski definition) is 0. The van der Waals surface area contributed by atoms with Crippen molar-refractivity contribution in [1.82, 2.24) is 14.5 Å². The molecule has 10 aromatic rings. The molecular formula is C61H45N3. The van der Waals surface area contributed by atoms with Crippen LogP contribution in [0.4, 0.5) is 0 Å². The second-order valence-electron chi connectivity index (χ2n) is 17.7. The number of allylic oxidation sites excluding steroid dienone is 4. The Morgan fingerprint density at radius 3 is 1.67 bits per heavy atom. The summed E-state index contributed by atoms with van der Waals surface area (Å²) in [4.78, 5) is 10.6. The molecule has 0 saturated carbocycles. The van der Waals surface area contributed by atoms with Crippen LogP contribution < -0.4 is 0 Å². The van der Waals surface area contributed by atoms with Crippen molar-refractivity contribution in [2.45, 2.75) is 32.1 Å². The van der Waals surface area contributed by atoms with E-state index >= 15 is 0 Å². The standard InChI is InChI=1S/C61H45N3/c1-61(2)54-24-14-12-22-50(54)51-32-30-45(37-55(51)61)41-26-28-42(29-27-41)46-31-33-53-52-23-13-15-25-58(52)64(59(53)38-46)49-35-47(40-16-6-3-7-17-40)34-48(36-49)60-62-56(43-18-8-4-9-19-43)39-57(63-60)44-20-10-5-11-21-44/h3-13,15-23,25-39H,14,24H2,1-2H3. The van der Waals surface area contributed by atoms with Gasteiger partial charge in [-0.3, -0.25) is 0 Å². The van der Waals surface area contributed by atoms with Crippen LogP contribution >= 0.6 is 0 Å². The number of fused-ring (bicyclic) bond motifs is 5. The fraction of sp³-hybridized carbons (Fsp3) is 0.0820. The van der Waals surface area contributed by atoms with Crippen molar-refractivity contribution in [2.75, 3.05) is 0 Å². The molecule has 0 saturated heterocycles. The number of nitrogens with zero attached hydrogens (tertiary/aromatic N) is 3. The van der Waals surface area contributed by atoms with Crippen LogP contribution in [0.5, 0.6) is 0 Å². The molecule has 12 rings (SSSR count). The van der Waals surface area contributed by atoms with E-state index in [1.54, 1.807) is 5.57 Å². The average Bonchev–Trinajstić information content (AvgIpc) is 3.82. The first-order chi connectivity index (χ1) is 31.5. The van der Waals surface area contributed by atoms with Gasteiger partial charge in [0.2, 0.25) is 0 Å². The predicted octanol–water partition coefficient (Wildman–Crippen LogP) is 16.0. The Hall–Kier alpha value is -7.88. The van der Waals surface area contributed by atoms with E-state index in [4.69, 9.17) is 9.97 Å². The van der Waals surface area contributed by atoms with E-state index in [1.807, 2.05) is 12.1 Å². The maximum Gasteiger partial charge on any atom is 0.160 e. The van der Waals surface area contributed by atoms with E-state index in [-0.39, 0.29) is 5.41 Å². The molecule has 0 bridgehead atoms. The highest BCUT2D eigenvalue weighted by Crippen LogP contribution is 2.51. The molecule has 0 aliphatic heterocycles. The average molecular weight is 820 g/mol. The Morgan fingerprint density at radius 1 is 0.438 bits per heavy atom. The topological polar surface area (TPSA) is 30.7 Å². The number of rotatable bonds is 7. The highest BCUT2D eigenvalue weighted by Gasteiger charge is 2.37. The van der Waals surface area contributed by atoms with Crippen molar-refractivity contribution < 1.29 is 0 Å². The van der Waals surface area contributed by atoms with E-state index in [0.29, 0.717) is 5.82 Å². The van der Waals surface area contributed by atoms with Crippen molar-refractivity contribution in [3.8, 4) is 73.0 Å². The third-order valence-corrected chi connectivity index (χ3v) is 13.5. The molecule has 0 amide bonds. The molecular weight excluding hydrogens is 775 g/mol. The van der Waals surface area contributed by atoms with Crippen LogP contribution in [0.1, 0.15) is 37.8 Å². The minimum Gasteiger partial charge on any atom is -0.309 e. The quantitative estimate of drug-likeness (QED) is 0.160. The second kappa shape index (κ2) is 15.2. The smallest absolute Gasteiger partial charge is 0.160 e. The van der Waals surface area contributed by atoms with E-state index in [9.17, 15) is 0 Å². The molecule has 0 radical (unpaired) electrons. The molecule has 8 aromatic carbocycles. The molecule has 3 nitrogen and oxygen atoms in total. The van der Waals surface area contributed by atoms with Gasteiger partial charge < -0.3 is 4.57 Å². The zero-order valence-electron chi connectivity index (χ0n) is 36.0. The summed E-state index contributed by atoms with van der Waals surface area (Å²) in [5.74, 6) is 0.681. The second-order valence-corrected chi connectivity index (χ2v) is 17.7. The van der Waals surface area contributed by atoms with Gasteiger partial charge in [0.05, 0.1) is 22.4 Å². The Balaban J connectivity index is 0.993. The van der Waals surface area contributed by atoms with E-state index in [2.05, 4.69) is 219 Å². The summed E-state index contributed by atoms with van der Waals surface area (Å²) in [6.45, 7) is 4.79. The molecule has 64 heavy (non-hydrogen) atoms. The van der Waals surface area contributed by atoms with Crippen molar-refractivity contribution in [3.05, 3.63) is 229 Å². The molecule has 0 N–H and O–H groups in total. The Morgan fingerprint density at radius 2 is 0.984 bits per heavy atom. The van der Waals surface area contributed by atoms with Gasteiger partial charge in [-0.05, 0) is 105 Å². The Kier molecular flexibility index (Phi) is 8.98. The van der Waals surface area contributed by atoms with Gasteiger partial charge in [0, 0.05) is 38.6 Å². The summed E-state index contributed by atoms with van der Waals surface area (Å²) in [7, 11) is 0. The third kappa shape index (κ3) is 6.43. The summed E-state index contributed by atoms with van der Waals surface area (Å²) in [5.41, 5.74) is 21.2. The number of para-hydroxylation sites is 1. The lowest BCUT2D eigenvalue weighted by Gasteiger charge is -2.26. The fourth-order valence-electron chi connectivity index (χ4n) is 10.2. The highest BCUT2D eigenvalue weighted by atomic mass is 15.0. The van der Waals surface area contributed by atoms with E-state index < -0.39 is 0 Å². The monoisotopic (exact) mass is 819 g/mol. The predicted molar refractivity (Wildman–Crippen MR) is 267 cm³/mol. The van der Waals surface area contributed by atoms with Crippen molar-refractivity contribution in [1.29, 1.82) is 0 Å². The summed E-state index contributed by atoms with van der Waals surface area (Å²) in [6.07, 6.45) is 6.95. The van der Waals surface area contributed by atoms with Crippen LogP contribution in [0.15, 0.2) is 218 Å². The van der Waals surface area contributed by atoms with Crippen LogP contribution in [0, 0.1) is 0 Å². The van der Waals surface area contributed by atoms with Gasteiger partial charge in [0.25, 0.3) is 0 Å². The zero-order valence-corrected chi connectivity index (χ0v) is 36.0. The first-order valence-electron chi connectivity index (χ1n) is 22.4. The minimum absolute atomic E-state index is 0.0466. The number of aromatic nitrogens is 3. The first-order valence-corrected chi connectivity index (χ1v) is 22.4. The summed E-state index contributed by atoms with van der Waals surface area (Å²) < 4.78 is 2.42. The van der Waals surface area contributed by atoms with Gasteiger partial charge in [-0.25, -0.2) is 9.97 Å². The lowest BCUT2D eigenvalue weighted by atomic mass is 9.78. The van der Waals surface area contributed by atoms with Gasteiger partial charge >= 0.3 is 0 Å². The maximum absolute atomic E-state index is 5.28. The highest BCUT2D eigenvalue weighted by molar-refractivity contribution is 6.10. The fourth-order valence-corrected chi connectivity index (χ4v) is 10.2. The molecule has 2 aliphatic carbocycles. The zero-order chi connectivity index (χ0) is 42.8. The van der Waals surface area contributed by atoms with Crippen LogP contribution in [-0.2, 0) is 5.41 Å². The van der Waals surface area contributed by atoms with Crippen LogP contribution in [0.2, 0.25) is 0 Å². The lowest BCUT2D eigenvalue weighted by molar-refractivity contribution is 0.607. The SMILES string of the molecule is CC1(C)C2=C(C=CCC2)c2ccc(-c3ccc(-c4ccc5c6ccccc6n(-c6cc(-c7ccccc7)cc(-c7nc(-c8ccccc8)cc(-c8ccccc8)n7)c6)c5c4)cc3)cc21. The number of benzene rings is 8. The van der Waals surface area contributed by atoms with Crippen LogP contribution in [0.25, 0.3) is 100 Å². The molecule has 0 fully saturated rings. The van der Waals surface area contributed by atoms with Crippen molar-refractivity contribution in [2.24, 2.45) is 0 Å². The molecule has 2 aliphatic rings. The maximum atomic E-state index is 5.28. The van der Waals surface area contributed by atoms with Crippen LogP contribution in [0.3, 0.4) is 0 Å². The van der Waals surface area contributed by atoms with Crippen LogP contribution in [-0.4, -0.2) is 14.5 Å². The largest absolute Gasteiger partial charge is 0.309 e. The van der Waals surface area contributed by atoms with Gasteiger partial charge in [-0.1, -0.05) is 189 Å². The Labute approximate surface area is 374 Å². The van der Waals surface area contributed by atoms with Gasteiger partial charge in [-0.2, -0.15) is 0 Å². The molecule has 2 aromatic heterocycles. The normalized spacial score (nSPS) is 14.0. The summed E-state index contributed by atoms with van der Waals surface area (Å²) >= 11 is 0. The Bertz CT molecular complexity index is 3420. The van der Waals surface area contributed by atoms with Gasteiger partial charge in [0.15, 0.2) is 5.82 Å². The minimum atomic E-state index is 0.0466. The number of hydrogen-bond acceptors (Lipinski definition) is 2. The summed E-state index contributed by atoms with van der Waals surface area (Å²) in [5, 5.41) is 2.43. The third-order valence-electron chi connectivity index (χ3n) is 13.5. The van der Waals surface area contributed by atoms with E-state index in [1.165, 1.54) is 49.7 Å². The van der Waals surface area contributed by atoms with Gasteiger partial charge in [-0.15, -0.1) is 0 Å². The first kappa shape index (κ1) is 37.8. The molecule has 2 heterocycles.